The van der Waals surface area contributed by atoms with Crippen molar-refractivity contribution >= 4 is 11.7 Å². The molecule has 0 atom stereocenters. The lowest BCUT2D eigenvalue weighted by molar-refractivity contribution is -0.131. The number of hydrogen-bond donors (Lipinski definition) is 0. The summed E-state index contributed by atoms with van der Waals surface area (Å²) < 4.78 is 19.0. The van der Waals surface area contributed by atoms with Gasteiger partial charge in [0.25, 0.3) is 0 Å². The number of benzene rings is 1. The zero-order valence-electron chi connectivity index (χ0n) is 12.9. The third kappa shape index (κ3) is 3.41. The van der Waals surface area contributed by atoms with Crippen molar-refractivity contribution in [1.29, 1.82) is 0 Å². The molecule has 120 valence electrons. The Morgan fingerprint density at radius 2 is 2.13 bits per heavy atom. The molecule has 1 saturated heterocycles. The molecule has 1 aromatic heterocycles. The molecule has 1 fully saturated rings. The van der Waals surface area contributed by atoms with E-state index >= 15 is 0 Å². The van der Waals surface area contributed by atoms with Gasteiger partial charge in [0, 0.05) is 25.8 Å². The van der Waals surface area contributed by atoms with Crippen LogP contribution in [0.1, 0.15) is 5.56 Å². The van der Waals surface area contributed by atoms with Gasteiger partial charge in [-0.15, -0.1) is 0 Å². The molecule has 2 aromatic rings. The molecule has 0 unspecified atom stereocenters. The predicted molar refractivity (Wildman–Crippen MR) is 84.8 cm³/mol. The van der Waals surface area contributed by atoms with Gasteiger partial charge in [-0.1, -0.05) is 12.1 Å². The van der Waals surface area contributed by atoms with Crippen LogP contribution in [0.3, 0.4) is 0 Å². The summed E-state index contributed by atoms with van der Waals surface area (Å²) in [6.45, 7) is 1.75. The van der Waals surface area contributed by atoms with E-state index in [0.29, 0.717) is 19.6 Å². The largest absolute Gasteiger partial charge is 0.497 e. The average Bonchev–Trinajstić information content (AvgIpc) is 2.57. The summed E-state index contributed by atoms with van der Waals surface area (Å²) in [5, 5.41) is 0. The first-order chi connectivity index (χ1) is 11.2. The fraction of sp³-hybridized carbons (Fsp3) is 0.294. The summed E-state index contributed by atoms with van der Waals surface area (Å²) >= 11 is 0. The number of anilines is 1. The third-order valence-electron chi connectivity index (χ3n) is 3.86. The lowest BCUT2D eigenvalue weighted by Gasteiger charge is -2.35. The summed E-state index contributed by atoms with van der Waals surface area (Å²) in [4.78, 5) is 19.8. The van der Waals surface area contributed by atoms with Crippen LogP contribution in [-0.2, 0) is 11.3 Å². The van der Waals surface area contributed by atoms with E-state index < -0.39 is 5.82 Å². The molecular formula is C17H18FN3O2. The van der Waals surface area contributed by atoms with Crippen LogP contribution in [0.5, 0.6) is 5.75 Å². The number of nitrogens with zero attached hydrogens (tertiary/aromatic N) is 3. The molecule has 1 aromatic carbocycles. The molecule has 0 aliphatic carbocycles. The highest BCUT2D eigenvalue weighted by Gasteiger charge is 2.26. The number of hydrogen-bond acceptors (Lipinski definition) is 4. The van der Waals surface area contributed by atoms with Gasteiger partial charge in [-0.25, -0.2) is 9.37 Å². The van der Waals surface area contributed by atoms with Crippen molar-refractivity contribution < 1.29 is 13.9 Å². The summed E-state index contributed by atoms with van der Waals surface area (Å²) in [5.41, 5.74) is 1.01. The number of carbonyl (C=O) groups excluding carboxylic acids is 1. The quantitative estimate of drug-likeness (QED) is 0.866. The van der Waals surface area contributed by atoms with Crippen molar-refractivity contribution in [2.24, 2.45) is 0 Å². The average molecular weight is 315 g/mol. The number of piperazine rings is 1. The number of carbonyl (C=O) groups is 1. The van der Waals surface area contributed by atoms with Gasteiger partial charge < -0.3 is 14.5 Å². The Morgan fingerprint density at radius 1 is 1.26 bits per heavy atom. The van der Waals surface area contributed by atoms with E-state index in [-0.39, 0.29) is 18.3 Å². The molecule has 1 amide bonds. The molecule has 0 spiro atoms. The minimum atomic E-state index is -0.401. The standard InChI is InChI=1S/C17H18FN3O2/c1-23-14-5-2-4-13(10-14)11-20-8-9-21(12-16(20)22)17-15(18)6-3-7-19-17/h2-7,10H,8-9,11-12H2,1H3. The molecule has 1 aliphatic heterocycles. The summed E-state index contributed by atoms with van der Waals surface area (Å²) in [5.74, 6) is 0.566. The van der Waals surface area contributed by atoms with Crippen molar-refractivity contribution in [3.63, 3.8) is 0 Å². The lowest BCUT2D eigenvalue weighted by Crippen LogP contribution is -2.50. The lowest BCUT2D eigenvalue weighted by atomic mass is 10.2. The first kappa shape index (κ1) is 15.3. The fourth-order valence-corrected chi connectivity index (χ4v) is 2.66. The van der Waals surface area contributed by atoms with Gasteiger partial charge in [0.15, 0.2) is 11.6 Å². The minimum Gasteiger partial charge on any atom is -0.497 e. The molecular weight excluding hydrogens is 297 g/mol. The number of ether oxygens (including phenoxy) is 1. The first-order valence-electron chi connectivity index (χ1n) is 7.43. The van der Waals surface area contributed by atoms with E-state index in [1.807, 2.05) is 24.3 Å². The molecule has 1 aliphatic rings. The maximum Gasteiger partial charge on any atom is 0.242 e. The van der Waals surface area contributed by atoms with Crippen LogP contribution < -0.4 is 9.64 Å². The number of methoxy groups -OCH3 is 1. The highest BCUT2D eigenvalue weighted by molar-refractivity contribution is 5.82. The highest BCUT2D eigenvalue weighted by atomic mass is 19.1. The normalized spacial score (nSPS) is 15.0. The Hall–Kier alpha value is -2.63. The Morgan fingerprint density at radius 3 is 2.87 bits per heavy atom. The van der Waals surface area contributed by atoms with Crippen molar-refractivity contribution in [1.82, 2.24) is 9.88 Å². The van der Waals surface area contributed by atoms with Gasteiger partial charge in [-0.3, -0.25) is 4.79 Å². The van der Waals surface area contributed by atoms with Gasteiger partial charge in [0.1, 0.15) is 5.75 Å². The molecule has 23 heavy (non-hydrogen) atoms. The van der Waals surface area contributed by atoms with Gasteiger partial charge in [0.05, 0.1) is 13.7 Å². The minimum absolute atomic E-state index is 0.0378. The van der Waals surface area contributed by atoms with Crippen molar-refractivity contribution in [3.05, 3.63) is 54.0 Å². The van der Waals surface area contributed by atoms with E-state index in [0.717, 1.165) is 11.3 Å². The molecule has 0 radical (unpaired) electrons. The van der Waals surface area contributed by atoms with E-state index in [1.54, 1.807) is 23.0 Å². The number of amides is 1. The molecule has 3 rings (SSSR count). The Kier molecular flexibility index (Phi) is 4.41. The zero-order chi connectivity index (χ0) is 16.2. The van der Waals surface area contributed by atoms with Crippen LogP contribution >= 0.6 is 0 Å². The van der Waals surface area contributed by atoms with Crippen molar-refractivity contribution in [2.75, 3.05) is 31.6 Å². The predicted octanol–water partition coefficient (Wildman–Crippen LogP) is 2.08. The van der Waals surface area contributed by atoms with Crippen LogP contribution in [0.15, 0.2) is 42.6 Å². The Balaban J connectivity index is 1.67. The molecule has 2 heterocycles. The molecule has 0 N–H and O–H groups in total. The second-order valence-electron chi connectivity index (χ2n) is 5.40. The summed E-state index contributed by atoms with van der Waals surface area (Å²) in [7, 11) is 1.62. The maximum atomic E-state index is 13.8. The monoisotopic (exact) mass is 315 g/mol. The smallest absolute Gasteiger partial charge is 0.242 e. The molecule has 5 nitrogen and oxygen atoms in total. The van der Waals surface area contributed by atoms with Crippen molar-refractivity contribution in [3.8, 4) is 5.75 Å². The van der Waals surface area contributed by atoms with Crippen LogP contribution in [0.2, 0.25) is 0 Å². The number of halogens is 1. The van der Waals surface area contributed by atoms with Crippen molar-refractivity contribution in [2.45, 2.75) is 6.54 Å². The summed E-state index contributed by atoms with van der Waals surface area (Å²) in [6.07, 6.45) is 1.53. The van der Waals surface area contributed by atoms with Crippen LogP contribution in [-0.4, -0.2) is 42.5 Å². The second-order valence-corrected chi connectivity index (χ2v) is 5.40. The topological polar surface area (TPSA) is 45.7 Å². The summed E-state index contributed by atoms with van der Waals surface area (Å²) in [6, 6.07) is 10.5. The van der Waals surface area contributed by atoms with Gasteiger partial charge in [-0.2, -0.15) is 0 Å². The fourth-order valence-electron chi connectivity index (χ4n) is 2.66. The number of rotatable bonds is 4. The molecule has 0 saturated carbocycles. The molecule has 6 heteroatoms. The van der Waals surface area contributed by atoms with Gasteiger partial charge >= 0.3 is 0 Å². The Labute approximate surface area is 134 Å². The van der Waals surface area contributed by atoms with Gasteiger partial charge in [0.2, 0.25) is 5.91 Å². The van der Waals surface area contributed by atoms with E-state index in [2.05, 4.69) is 4.98 Å². The SMILES string of the molecule is COc1cccc(CN2CCN(c3ncccc3F)CC2=O)c1. The first-order valence-corrected chi connectivity index (χ1v) is 7.43. The number of aromatic nitrogens is 1. The van der Waals surface area contributed by atoms with Crippen LogP contribution in [0.25, 0.3) is 0 Å². The highest BCUT2D eigenvalue weighted by Crippen LogP contribution is 2.20. The Bertz CT molecular complexity index is 708. The second kappa shape index (κ2) is 6.64. The van der Waals surface area contributed by atoms with E-state index in [1.165, 1.54) is 12.3 Å². The maximum absolute atomic E-state index is 13.8. The van der Waals surface area contributed by atoms with E-state index in [4.69, 9.17) is 4.74 Å². The number of pyridine rings is 1. The third-order valence-corrected chi connectivity index (χ3v) is 3.86. The van der Waals surface area contributed by atoms with E-state index in [9.17, 15) is 9.18 Å². The van der Waals surface area contributed by atoms with Gasteiger partial charge in [-0.05, 0) is 29.8 Å². The molecule has 0 bridgehead atoms. The zero-order valence-corrected chi connectivity index (χ0v) is 12.9. The van der Waals surface area contributed by atoms with Crippen LogP contribution in [0, 0.1) is 5.82 Å². The van der Waals surface area contributed by atoms with Crippen LogP contribution in [0.4, 0.5) is 10.2 Å².